The van der Waals surface area contributed by atoms with Crippen LogP contribution in [0.15, 0.2) is 0 Å². The van der Waals surface area contributed by atoms with Crippen LogP contribution in [0, 0.1) is 11.8 Å². The average Bonchev–Trinajstić information content (AvgIpc) is 3.24. The van der Waals surface area contributed by atoms with Gasteiger partial charge in [0.05, 0.1) is 24.0 Å². The van der Waals surface area contributed by atoms with E-state index in [9.17, 15) is 14.7 Å². The van der Waals surface area contributed by atoms with Crippen molar-refractivity contribution in [1.82, 2.24) is 20.0 Å². The van der Waals surface area contributed by atoms with Gasteiger partial charge in [-0.25, -0.2) is 0 Å². The molecule has 0 spiro atoms. The zero-order valence-electron chi connectivity index (χ0n) is 15.9. The van der Waals surface area contributed by atoms with Crippen molar-refractivity contribution in [3.8, 4) is 0 Å². The Kier molecular flexibility index (Phi) is 6.50. The van der Waals surface area contributed by atoms with E-state index in [0.29, 0.717) is 13.1 Å². The average molecular weight is 368 g/mol. The highest BCUT2D eigenvalue weighted by Crippen LogP contribution is 2.44. The van der Waals surface area contributed by atoms with Crippen LogP contribution in [0.4, 0.5) is 0 Å². The summed E-state index contributed by atoms with van der Waals surface area (Å²) in [6, 6.07) is 0. The molecule has 4 rings (SSSR count). The third kappa shape index (κ3) is 4.36. The van der Waals surface area contributed by atoms with Crippen LogP contribution in [0.1, 0.15) is 12.8 Å². The lowest BCUT2D eigenvalue weighted by molar-refractivity contribution is -0.151. The molecule has 0 aromatic rings. The van der Waals surface area contributed by atoms with Crippen LogP contribution in [0.2, 0.25) is 0 Å². The third-order valence-electron chi connectivity index (χ3n) is 6.00. The number of nitrogens with zero attached hydrogens (tertiary/aromatic N) is 3. The van der Waals surface area contributed by atoms with Gasteiger partial charge < -0.3 is 29.9 Å². The van der Waals surface area contributed by atoms with E-state index in [-0.39, 0.29) is 18.1 Å². The topological polar surface area (TPSA) is 85.4 Å². The first kappa shape index (κ1) is 19.5. The van der Waals surface area contributed by atoms with Crippen molar-refractivity contribution in [3.05, 3.63) is 0 Å². The number of fused-ring (bicyclic) bond motifs is 2. The SMILES string of the molecule is CN1CCN(C(=O)C2C(C(=O)O)[C@H]3CC[C@H]2O3)CC1.CN1CCNCC1. The molecule has 4 fully saturated rings. The molecule has 4 saturated heterocycles. The van der Waals surface area contributed by atoms with Crippen LogP contribution in [0.3, 0.4) is 0 Å². The Morgan fingerprint density at radius 1 is 0.885 bits per heavy atom. The number of rotatable bonds is 2. The van der Waals surface area contributed by atoms with Gasteiger partial charge in [-0.1, -0.05) is 0 Å². The van der Waals surface area contributed by atoms with Gasteiger partial charge in [0.25, 0.3) is 0 Å². The molecule has 4 atom stereocenters. The normalized spacial score (nSPS) is 35.1. The molecule has 148 valence electrons. The fourth-order valence-electron chi connectivity index (χ4n) is 4.32. The van der Waals surface area contributed by atoms with Crippen molar-refractivity contribution in [3.63, 3.8) is 0 Å². The zero-order chi connectivity index (χ0) is 18.7. The van der Waals surface area contributed by atoms with Gasteiger partial charge in [0.2, 0.25) is 5.91 Å². The number of piperazine rings is 2. The second-order valence-electron chi connectivity index (χ2n) is 7.86. The number of carbonyl (C=O) groups excluding carboxylic acids is 1. The van der Waals surface area contributed by atoms with Crippen molar-refractivity contribution < 1.29 is 19.4 Å². The summed E-state index contributed by atoms with van der Waals surface area (Å²) >= 11 is 0. The Hall–Kier alpha value is -1.22. The number of carboxylic acids is 1. The van der Waals surface area contributed by atoms with E-state index < -0.39 is 17.8 Å². The molecule has 4 aliphatic rings. The summed E-state index contributed by atoms with van der Waals surface area (Å²) in [5.74, 6) is -2.03. The maximum absolute atomic E-state index is 12.6. The van der Waals surface area contributed by atoms with Crippen LogP contribution >= 0.6 is 0 Å². The molecule has 0 aliphatic carbocycles. The van der Waals surface area contributed by atoms with Gasteiger partial charge >= 0.3 is 5.97 Å². The highest BCUT2D eigenvalue weighted by atomic mass is 16.5. The minimum absolute atomic E-state index is 0.0206. The van der Waals surface area contributed by atoms with Crippen molar-refractivity contribution in [2.24, 2.45) is 11.8 Å². The smallest absolute Gasteiger partial charge is 0.310 e. The maximum Gasteiger partial charge on any atom is 0.310 e. The van der Waals surface area contributed by atoms with E-state index >= 15 is 0 Å². The molecule has 0 radical (unpaired) electrons. The number of carbonyl (C=O) groups is 2. The Balaban J connectivity index is 0.000000236. The van der Waals surface area contributed by atoms with Gasteiger partial charge in [-0.05, 0) is 26.9 Å². The summed E-state index contributed by atoms with van der Waals surface area (Å²) in [6.07, 6.45) is 1.15. The monoisotopic (exact) mass is 368 g/mol. The summed E-state index contributed by atoms with van der Waals surface area (Å²) < 4.78 is 5.65. The summed E-state index contributed by atoms with van der Waals surface area (Å²) in [4.78, 5) is 30.3. The van der Waals surface area contributed by atoms with E-state index in [4.69, 9.17) is 4.74 Å². The van der Waals surface area contributed by atoms with Crippen molar-refractivity contribution in [1.29, 1.82) is 0 Å². The van der Waals surface area contributed by atoms with E-state index in [0.717, 1.165) is 39.0 Å². The molecule has 2 N–H and O–H groups in total. The molecule has 26 heavy (non-hydrogen) atoms. The predicted molar refractivity (Wildman–Crippen MR) is 97.0 cm³/mol. The van der Waals surface area contributed by atoms with Gasteiger partial charge in [-0.3, -0.25) is 9.59 Å². The van der Waals surface area contributed by atoms with E-state index in [1.165, 1.54) is 13.1 Å². The molecule has 0 aromatic heterocycles. The first-order valence-corrected chi connectivity index (χ1v) is 9.72. The lowest BCUT2D eigenvalue weighted by atomic mass is 9.78. The van der Waals surface area contributed by atoms with E-state index in [2.05, 4.69) is 22.2 Å². The number of likely N-dealkylation sites (N-methyl/N-ethyl adjacent to an activating group) is 2. The minimum atomic E-state index is -0.889. The predicted octanol–water partition coefficient (Wildman–Crippen LogP) is -0.840. The summed E-state index contributed by atoms with van der Waals surface area (Å²) in [5.41, 5.74) is 0. The highest BCUT2D eigenvalue weighted by Gasteiger charge is 2.56. The molecule has 0 saturated carbocycles. The van der Waals surface area contributed by atoms with Gasteiger partial charge in [0.15, 0.2) is 0 Å². The Bertz CT molecular complexity index is 503. The largest absolute Gasteiger partial charge is 0.481 e. The lowest BCUT2D eigenvalue weighted by Crippen LogP contribution is -2.52. The minimum Gasteiger partial charge on any atom is -0.481 e. The van der Waals surface area contributed by atoms with Crippen LogP contribution in [0.25, 0.3) is 0 Å². The molecule has 1 amide bonds. The van der Waals surface area contributed by atoms with Gasteiger partial charge in [0.1, 0.15) is 0 Å². The van der Waals surface area contributed by atoms with Crippen molar-refractivity contribution in [2.45, 2.75) is 25.0 Å². The van der Waals surface area contributed by atoms with Crippen LogP contribution in [-0.4, -0.2) is 110 Å². The molecule has 0 aromatic carbocycles. The summed E-state index contributed by atoms with van der Waals surface area (Å²) in [6.45, 7) is 7.83. The van der Waals surface area contributed by atoms with Gasteiger partial charge in [0, 0.05) is 52.4 Å². The first-order chi connectivity index (χ1) is 12.5. The molecule has 2 bridgehead atoms. The van der Waals surface area contributed by atoms with Gasteiger partial charge in [-0.2, -0.15) is 0 Å². The number of aliphatic carboxylic acids is 1. The number of hydrogen-bond acceptors (Lipinski definition) is 6. The molecule has 4 heterocycles. The second-order valence-corrected chi connectivity index (χ2v) is 7.86. The fourth-order valence-corrected chi connectivity index (χ4v) is 4.32. The van der Waals surface area contributed by atoms with Crippen LogP contribution in [0.5, 0.6) is 0 Å². The zero-order valence-corrected chi connectivity index (χ0v) is 15.9. The Morgan fingerprint density at radius 3 is 1.92 bits per heavy atom. The van der Waals surface area contributed by atoms with Crippen molar-refractivity contribution >= 4 is 11.9 Å². The third-order valence-corrected chi connectivity index (χ3v) is 6.00. The molecule has 8 nitrogen and oxygen atoms in total. The molecule has 2 unspecified atom stereocenters. The Morgan fingerprint density at radius 2 is 1.42 bits per heavy atom. The number of carboxylic acid groups (broad SMARTS) is 1. The maximum atomic E-state index is 12.6. The quantitative estimate of drug-likeness (QED) is 0.657. The second kappa shape index (κ2) is 8.65. The highest BCUT2D eigenvalue weighted by molar-refractivity contribution is 5.86. The van der Waals surface area contributed by atoms with Crippen LogP contribution in [-0.2, 0) is 14.3 Å². The lowest BCUT2D eigenvalue weighted by Gasteiger charge is -2.36. The number of amides is 1. The fraction of sp³-hybridized carbons (Fsp3) is 0.889. The molecular weight excluding hydrogens is 336 g/mol. The number of ether oxygens (including phenoxy) is 1. The van der Waals surface area contributed by atoms with Crippen LogP contribution < -0.4 is 5.32 Å². The van der Waals surface area contributed by atoms with E-state index in [1.807, 2.05) is 11.9 Å². The van der Waals surface area contributed by atoms with Gasteiger partial charge in [-0.15, -0.1) is 0 Å². The molecular formula is C18H32N4O4. The first-order valence-electron chi connectivity index (χ1n) is 9.72. The number of hydrogen-bond donors (Lipinski definition) is 2. The Labute approximate surface area is 155 Å². The van der Waals surface area contributed by atoms with E-state index in [1.54, 1.807) is 0 Å². The molecule has 8 heteroatoms. The summed E-state index contributed by atoms with van der Waals surface area (Å²) in [7, 11) is 4.18. The molecule has 4 aliphatic heterocycles. The van der Waals surface area contributed by atoms with Crippen molar-refractivity contribution in [2.75, 3.05) is 66.5 Å². The number of nitrogens with one attached hydrogen (secondary N) is 1. The standard InChI is InChI=1S/C13H20N2O4.C5H12N2/c1-14-4-6-15(7-5-14)12(16)10-8-2-3-9(19-8)11(10)13(17)18;1-7-4-2-6-3-5-7/h8-11H,2-7H2,1H3,(H,17,18);6H,2-5H2,1H3/t8-,9-,10?,11?;/m1./s1. The summed E-state index contributed by atoms with van der Waals surface area (Å²) in [5, 5.41) is 12.6.